The number of carbonyl (C=O) groups excluding carboxylic acids is 6. The molecule has 0 saturated heterocycles. The van der Waals surface area contributed by atoms with E-state index in [0.29, 0.717) is 0 Å². The lowest BCUT2D eigenvalue weighted by molar-refractivity contribution is -0.140. The van der Waals surface area contributed by atoms with Gasteiger partial charge in [0.05, 0.1) is 32.7 Å². The summed E-state index contributed by atoms with van der Waals surface area (Å²) >= 11 is 0. The number of nitrogens with one attached hydrogen (secondary N) is 6. The summed E-state index contributed by atoms with van der Waals surface area (Å²) in [6.07, 6.45) is 8.29. The fourth-order valence-corrected chi connectivity index (χ4v) is 4.48. The molecule has 3 rings (SSSR count). The van der Waals surface area contributed by atoms with Crippen molar-refractivity contribution in [2.24, 2.45) is 0 Å². The van der Waals surface area contributed by atoms with Crippen LogP contribution in [0.5, 0.6) is 0 Å². The van der Waals surface area contributed by atoms with Crippen molar-refractivity contribution in [3.63, 3.8) is 0 Å². The first-order valence-corrected chi connectivity index (χ1v) is 16.0. The molecule has 0 aliphatic heterocycles. The molecule has 22 heteroatoms. The minimum atomic E-state index is -1.28. The molecule has 6 amide bonds. The fraction of sp³-hybridized carbons (Fsp3) is 0.281. The quantitative estimate of drug-likeness (QED) is 0.0555. The summed E-state index contributed by atoms with van der Waals surface area (Å²) in [4.78, 5) is 114. The number of hydrazine groups is 3. The molecular formula is C32H38N12O10. The largest absolute Gasteiger partial charge is 0.480 e. The Bertz CT molecular complexity index is 1660. The highest BCUT2D eigenvalue weighted by molar-refractivity contribution is 5.96. The van der Waals surface area contributed by atoms with E-state index >= 15 is 0 Å². The monoisotopic (exact) mass is 750 g/mol. The molecule has 286 valence electrons. The maximum absolute atomic E-state index is 12.9. The summed E-state index contributed by atoms with van der Waals surface area (Å²) < 4.78 is 0. The predicted molar refractivity (Wildman–Crippen MR) is 184 cm³/mol. The molecule has 3 heterocycles. The van der Waals surface area contributed by atoms with E-state index in [4.69, 9.17) is 0 Å². The van der Waals surface area contributed by atoms with Crippen LogP contribution in [0, 0.1) is 0 Å². The second-order valence-corrected chi connectivity index (χ2v) is 11.2. The van der Waals surface area contributed by atoms with E-state index in [-0.39, 0.29) is 42.9 Å². The molecule has 0 aliphatic rings. The van der Waals surface area contributed by atoms with Crippen molar-refractivity contribution in [3.8, 4) is 0 Å². The number of rotatable bonds is 19. The molecular weight excluding hydrogens is 712 g/mol. The number of hydrogen-bond donors (Lipinski definition) is 8. The molecule has 0 radical (unpaired) electrons. The SMILES string of the molecule is O=C(O)CN(CCN(CCN(CC(=O)O)CC(=O)NNC(=O)c1ccncc1)CC(=O)NNC(=O)c1ccncc1)CC(=O)NNC(=O)c1ccncc1. The van der Waals surface area contributed by atoms with Gasteiger partial charge in [-0.1, -0.05) is 0 Å². The summed E-state index contributed by atoms with van der Waals surface area (Å²) in [5.41, 5.74) is 14.0. The molecule has 0 saturated carbocycles. The van der Waals surface area contributed by atoms with Gasteiger partial charge in [-0.2, -0.15) is 0 Å². The van der Waals surface area contributed by atoms with Crippen molar-refractivity contribution in [1.29, 1.82) is 0 Å². The zero-order valence-electron chi connectivity index (χ0n) is 28.6. The number of aromatic nitrogens is 3. The van der Waals surface area contributed by atoms with E-state index in [1.807, 2.05) is 0 Å². The van der Waals surface area contributed by atoms with Crippen molar-refractivity contribution in [3.05, 3.63) is 90.3 Å². The molecule has 0 spiro atoms. The molecule has 54 heavy (non-hydrogen) atoms. The van der Waals surface area contributed by atoms with E-state index < -0.39 is 80.1 Å². The Morgan fingerprint density at radius 3 is 0.944 bits per heavy atom. The molecule has 0 atom stereocenters. The van der Waals surface area contributed by atoms with Gasteiger partial charge in [0.15, 0.2) is 0 Å². The third-order valence-corrected chi connectivity index (χ3v) is 7.06. The maximum Gasteiger partial charge on any atom is 0.317 e. The second kappa shape index (κ2) is 22.1. The lowest BCUT2D eigenvalue weighted by Gasteiger charge is -2.28. The van der Waals surface area contributed by atoms with Crippen LogP contribution >= 0.6 is 0 Å². The fourth-order valence-electron chi connectivity index (χ4n) is 4.48. The topological polar surface area (TPSA) is 298 Å². The van der Waals surface area contributed by atoms with Gasteiger partial charge in [-0.3, -0.25) is 101 Å². The molecule has 0 bridgehead atoms. The number of hydrogen-bond acceptors (Lipinski definition) is 14. The lowest BCUT2D eigenvalue weighted by atomic mass is 10.2. The Hall–Kier alpha value is -6.91. The first-order valence-electron chi connectivity index (χ1n) is 16.0. The number of carboxylic acid groups (broad SMARTS) is 2. The number of nitrogens with zero attached hydrogens (tertiary/aromatic N) is 6. The van der Waals surface area contributed by atoms with Crippen molar-refractivity contribution in [1.82, 2.24) is 62.2 Å². The van der Waals surface area contributed by atoms with Gasteiger partial charge < -0.3 is 10.2 Å². The van der Waals surface area contributed by atoms with Crippen LogP contribution in [0.4, 0.5) is 0 Å². The number of carboxylic acids is 2. The first-order chi connectivity index (χ1) is 25.9. The van der Waals surface area contributed by atoms with Gasteiger partial charge in [0.1, 0.15) is 0 Å². The summed E-state index contributed by atoms with van der Waals surface area (Å²) in [7, 11) is 0. The zero-order chi connectivity index (χ0) is 39.3. The van der Waals surface area contributed by atoms with Crippen LogP contribution in [-0.2, 0) is 24.0 Å². The van der Waals surface area contributed by atoms with Gasteiger partial charge in [0, 0.05) is 80.1 Å². The van der Waals surface area contributed by atoms with Gasteiger partial charge in [-0.25, -0.2) is 0 Å². The van der Waals surface area contributed by atoms with Crippen molar-refractivity contribution in [2.45, 2.75) is 0 Å². The number of aliphatic carboxylic acids is 2. The highest BCUT2D eigenvalue weighted by atomic mass is 16.4. The molecule has 0 unspecified atom stereocenters. The summed E-state index contributed by atoms with van der Waals surface area (Å²) in [6, 6.07) is 8.50. The highest BCUT2D eigenvalue weighted by Crippen LogP contribution is 2.00. The van der Waals surface area contributed by atoms with Crippen LogP contribution in [0.15, 0.2) is 73.6 Å². The molecule has 0 aromatic carbocycles. The van der Waals surface area contributed by atoms with Crippen molar-refractivity contribution >= 4 is 47.4 Å². The predicted octanol–water partition coefficient (Wildman–Crippen LogP) is -3.37. The molecule has 0 fully saturated rings. The van der Waals surface area contributed by atoms with Crippen LogP contribution in [0.1, 0.15) is 31.1 Å². The van der Waals surface area contributed by atoms with Gasteiger partial charge >= 0.3 is 11.9 Å². The van der Waals surface area contributed by atoms with E-state index in [0.717, 1.165) is 0 Å². The van der Waals surface area contributed by atoms with E-state index in [1.54, 1.807) is 0 Å². The summed E-state index contributed by atoms with van der Waals surface area (Å²) in [6.45, 7) is -2.95. The normalized spacial score (nSPS) is 10.6. The maximum atomic E-state index is 12.9. The third-order valence-electron chi connectivity index (χ3n) is 7.06. The average molecular weight is 751 g/mol. The van der Waals surface area contributed by atoms with Crippen LogP contribution in [-0.4, -0.2) is 146 Å². The Balaban J connectivity index is 1.65. The first kappa shape index (κ1) is 41.5. The summed E-state index contributed by atoms with van der Waals surface area (Å²) in [5, 5.41) is 19.0. The molecule has 22 nitrogen and oxygen atoms in total. The van der Waals surface area contributed by atoms with Gasteiger partial charge in [-0.05, 0) is 36.4 Å². The molecule has 3 aromatic heterocycles. The minimum absolute atomic E-state index is 0.0647. The molecule has 3 aromatic rings. The van der Waals surface area contributed by atoms with Gasteiger partial charge in [0.25, 0.3) is 35.4 Å². The van der Waals surface area contributed by atoms with Crippen LogP contribution in [0.25, 0.3) is 0 Å². The van der Waals surface area contributed by atoms with Crippen LogP contribution in [0.2, 0.25) is 0 Å². The minimum Gasteiger partial charge on any atom is -0.480 e. The van der Waals surface area contributed by atoms with Crippen molar-refractivity contribution in [2.75, 3.05) is 58.9 Å². The third kappa shape index (κ3) is 16.0. The second-order valence-electron chi connectivity index (χ2n) is 11.2. The molecule has 0 aliphatic carbocycles. The average Bonchev–Trinajstić information content (AvgIpc) is 3.16. The Morgan fingerprint density at radius 2 is 0.667 bits per heavy atom. The van der Waals surface area contributed by atoms with Gasteiger partial charge in [-0.15, -0.1) is 0 Å². The van der Waals surface area contributed by atoms with Crippen LogP contribution < -0.4 is 32.6 Å². The van der Waals surface area contributed by atoms with E-state index in [1.165, 1.54) is 88.3 Å². The highest BCUT2D eigenvalue weighted by Gasteiger charge is 2.21. The van der Waals surface area contributed by atoms with E-state index in [2.05, 4.69) is 47.5 Å². The number of pyridine rings is 3. The Kier molecular flexibility index (Phi) is 17.0. The lowest BCUT2D eigenvalue weighted by Crippen LogP contribution is -2.52. The Morgan fingerprint density at radius 1 is 0.407 bits per heavy atom. The van der Waals surface area contributed by atoms with Crippen molar-refractivity contribution < 1.29 is 48.6 Å². The number of amides is 6. The standard InChI is InChI=1S/C32H38N12O10/c45-25(36-39-30(52)22-1-7-33-8-2-22)17-42(13-15-43(20-28(48)49)18-26(46)37-40-31(53)23-3-9-34-10-4-23)14-16-44(21-29(50)51)19-27(47)38-41-32(54)24-5-11-35-12-6-24/h1-12H,13-21H2,(H,36,45)(H,37,46)(H,38,47)(H,39,52)(H,40,53)(H,41,54)(H,48,49)(H,50,51). The number of carbonyl (C=O) groups is 8. The van der Waals surface area contributed by atoms with Crippen LogP contribution in [0.3, 0.4) is 0 Å². The Labute approximate surface area is 307 Å². The molecule has 8 N–H and O–H groups in total. The van der Waals surface area contributed by atoms with Gasteiger partial charge in [0.2, 0.25) is 0 Å². The zero-order valence-corrected chi connectivity index (χ0v) is 28.6. The smallest absolute Gasteiger partial charge is 0.317 e. The van der Waals surface area contributed by atoms with E-state index in [9.17, 15) is 48.6 Å². The summed E-state index contributed by atoms with van der Waals surface area (Å²) in [5.74, 6) is -6.68.